The van der Waals surface area contributed by atoms with Crippen LogP contribution >= 0.6 is 0 Å². The van der Waals surface area contributed by atoms with Crippen LogP contribution in [0.1, 0.15) is 0 Å². The summed E-state index contributed by atoms with van der Waals surface area (Å²) in [6, 6.07) is 128. The predicted octanol–water partition coefficient (Wildman–Crippen LogP) is 24.9. The average Bonchev–Trinajstić information content (AvgIpc) is 0.770. The van der Waals surface area contributed by atoms with Gasteiger partial charge in [-0.15, -0.1) is 0 Å². The molecule has 0 aliphatic rings. The lowest BCUT2D eigenvalue weighted by Crippen LogP contribution is -1.97. The van der Waals surface area contributed by atoms with Crippen molar-refractivity contribution < 1.29 is 0 Å². The highest BCUT2D eigenvalue weighted by atomic mass is 14.9. The molecule has 0 unspecified atom stereocenters. The Morgan fingerprint density at radius 1 is 0.155 bits per heavy atom. The zero-order valence-electron chi connectivity index (χ0n) is 59.3. The Labute approximate surface area is 633 Å². The molecule has 0 fully saturated rings. The minimum absolute atomic E-state index is 0.667. The van der Waals surface area contributed by atoms with Crippen LogP contribution in [0.4, 0.5) is 0 Å². The molecule has 13 aromatic carbocycles. The summed E-state index contributed by atoms with van der Waals surface area (Å²) in [5.74, 6) is 1.34. The average molecular weight is 1400 g/mol. The Hall–Kier alpha value is -15.0. The molecule has 0 atom stereocenters. The van der Waals surface area contributed by atoms with Gasteiger partial charge in [-0.05, 0) is 123 Å². The lowest BCUT2D eigenvalue weighted by molar-refractivity contribution is 1.17. The molecule has 10 nitrogen and oxygen atoms in total. The van der Waals surface area contributed by atoms with Crippen molar-refractivity contribution in [2.24, 2.45) is 0 Å². The molecule has 0 aliphatic heterocycles. The van der Waals surface area contributed by atoms with Crippen molar-refractivity contribution in [1.29, 1.82) is 0 Å². The van der Waals surface area contributed by atoms with E-state index in [0.29, 0.717) is 11.6 Å². The monoisotopic (exact) mass is 1400 g/mol. The van der Waals surface area contributed by atoms with Gasteiger partial charge < -0.3 is 0 Å². The fourth-order valence-corrected chi connectivity index (χ4v) is 14.8. The highest BCUT2D eigenvalue weighted by Gasteiger charge is 2.18. The van der Waals surface area contributed by atoms with Gasteiger partial charge in [-0.2, -0.15) is 0 Å². The molecule has 110 heavy (non-hydrogen) atoms. The summed E-state index contributed by atoms with van der Waals surface area (Å²) >= 11 is 0. The molecule has 0 bridgehead atoms. The molecule has 8 heterocycles. The largest absolute Gasteiger partial charge is 0.254 e. The van der Waals surface area contributed by atoms with Crippen LogP contribution in [-0.4, -0.2) is 49.8 Å². The number of nitrogens with zero attached hydrogens (tertiary/aromatic N) is 10. The van der Waals surface area contributed by atoms with Crippen molar-refractivity contribution in [3.63, 3.8) is 0 Å². The van der Waals surface area contributed by atoms with Crippen LogP contribution in [0.15, 0.2) is 376 Å². The number of rotatable bonds is 11. The third-order valence-corrected chi connectivity index (χ3v) is 20.6. The second-order valence-electron chi connectivity index (χ2n) is 27.5. The van der Waals surface area contributed by atoms with Gasteiger partial charge in [0, 0.05) is 77.5 Å². The maximum atomic E-state index is 5.24. The lowest BCUT2D eigenvalue weighted by atomic mass is 9.95. The van der Waals surface area contributed by atoms with Crippen LogP contribution in [0.25, 0.3) is 211 Å². The summed E-state index contributed by atoms with van der Waals surface area (Å²) in [6.45, 7) is 0. The van der Waals surface area contributed by atoms with Crippen molar-refractivity contribution in [3.05, 3.63) is 376 Å². The van der Waals surface area contributed by atoms with Gasteiger partial charge in [0.05, 0.1) is 84.3 Å². The molecule has 8 aromatic heterocycles. The van der Waals surface area contributed by atoms with E-state index < -0.39 is 0 Å². The minimum Gasteiger partial charge on any atom is -0.254 e. The number of hydrogen-bond donors (Lipinski definition) is 0. The standard InChI is InChI=1S/C52H32N6.C48H30N4/c1-3-8-33(9-4-1)48-32-49(58-52(57-48)40-10-5-2-6-11-40)45-28-24-37-18-22-42(31-47(37)55-45)41-21-17-36-23-26-43(54-46(36)30-41)34-13-15-35(16-14-34)44-27-25-39-20-19-38-12-7-29-53-50(38)51(39)56-44;1-3-11-31(12-4-1)46-30-47(52-48(51-46)34-13-5-2-6-14-34)43-26-24-33-20-22-36(29-45(33)50-43)35-21-19-32-23-25-42(49-44(32)28-35)41-27-37-15-7-8-16-38(37)39-17-9-10-18-40(39)41/h1-32H;1-30H. The first-order valence-corrected chi connectivity index (χ1v) is 36.7. The molecule has 0 spiro atoms. The van der Waals surface area contributed by atoms with E-state index in [1.165, 1.54) is 21.5 Å². The fourth-order valence-electron chi connectivity index (χ4n) is 14.8. The lowest BCUT2D eigenvalue weighted by Gasteiger charge is -2.12. The molecule has 21 aromatic rings. The topological polar surface area (TPSA) is 129 Å². The van der Waals surface area contributed by atoms with Gasteiger partial charge in [-0.1, -0.05) is 291 Å². The molecule has 0 N–H and O–H groups in total. The normalized spacial score (nSPS) is 11.5. The van der Waals surface area contributed by atoms with Crippen molar-refractivity contribution >= 4 is 87.0 Å². The summed E-state index contributed by atoms with van der Waals surface area (Å²) in [5, 5.41) is 11.4. The summed E-state index contributed by atoms with van der Waals surface area (Å²) in [6.07, 6.45) is 1.82. The molecular formula is C100H62N10. The van der Waals surface area contributed by atoms with E-state index in [1.807, 2.05) is 134 Å². The van der Waals surface area contributed by atoms with Crippen molar-refractivity contribution in [3.8, 4) is 124 Å². The van der Waals surface area contributed by atoms with E-state index in [0.717, 1.165) is 178 Å². The number of aromatic nitrogens is 10. The quantitative estimate of drug-likeness (QED) is 0.115. The number of hydrogen-bond acceptors (Lipinski definition) is 10. The van der Waals surface area contributed by atoms with E-state index in [2.05, 4.69) is 248 Å². The molecule has 0 saturated heterocycles. The Balaban J connectivity index is 0.000000145. The van der Waals surface area contributed by atoms with E-state index in [4.69, 9.17) is 44.9 Å². The number of pyridine rings is 6. The Morgan fingerprint density at radius 2 is 0.482 bits per heavy atom. The zero-order valence-corrected chi connectivity index (χ0v) is 59.3. The van der Waals surface area contributed by atoms with Crippen LogP contribution in [0.3, 0.4) is 0 Å². The molecule has 10 heteroatoms. The van der Waals surface area contributed by atoms with Gasteiger partial charge in [-0.3, -0.25) is 4.98 Å². The van der Waals surface area contributed by atoms with E-state index in [9.17, 15) is 0 Å². The molecular weight excluding hydrogens is 1340 g/mol. The van der Waals surface area contributed by atoms with Gasteiger partial charge in [0.1, 0.15) is 0 Å². The summed E-state index contributed by atoms with van der Waals surface area (Å²) in [5.41, 5.74) is 24.7. The minimum atomic E-state index is 0.667. The van der Waals surface area contributed by atoms with E-state index in [-0.39, 0.29) is 0 Å². The SMILES string of the molecule is c1ccc(-c2cc(-c3ccc4ccc(-c5ccc6ccc(-c7cc8ccccc8c8ccccc78)nc6c5)cc4n3)nc(-c3ccccc3)n2)cc1.c1ccc(-c2cc(-c3ccc4ccc(-c5ccc6ccc(-c7ccc(-c8ccc9ccc%10cccnc%10c9n8)cc7)nc6c5)cc4n3)nc(-c3ccccc3)n2)cc1. The first kappa shape index (κ1) is 64.6. The van der Waals surface area contributed by atoms with E-state index in [1.54, 1.807) is 0 Å². The first-order valence-electron chi connectivity index (χ1n) is 36.7. The molecule has 0 aliphatic carbocycles. The van der Waals surface area contributed by atoms with Crippen LogP contribution in [0.2, 0.25) is 0 Å². The highest BCUT2D eigenvalue weighted by molar-refractivity contribution is 6.14. The van der Waals surface area contributed by atoms with Crippen LogP contribution < -0.4 is 0 Å². The van der Waals surface area contributed by atoms with Crippen molar-refractivity contribution in [2.45, 2.75) is 0 Å². The maximum Gasteiger partial charge on any atom is 0.160 e. The van der Waals surface area contributed by atoms with Gasteiger partial charge in [0.15, 0.2) is 11.6 Å². The Bertz CT molecular complexity index is 7030. The summed E-state index contributed by atoms with van der Waals surface area (Å²) in [7, 11) is 0. The maximum absolute atomic E-state index is 5.24. The third-order valence-electron chi connectivity index (χ3n) is 20.6. The van der Waals surface area contributed by atoms with Gasteiger partial charge >= 0.3 is 0 Å². The second kappa shape index (κ2) is 27.8. The Morgan fingerprint density at radius 3 is 0.973 bits per heavy atom. The number of benzene rings is 13. The number of fused-ring (bicyclic) bond motifs is 10. The molecule has 512 valence electrons. The zero-order chi connectivity index (χ0) is 72.9. The van der Waals surface area contributed by atoms with Gasteiger partial charge in [-0.25, -0.2) is 44.9 Å². The van der Waals surface area contributed by atoms with Crippen molar-refractivity contribution in [1.82, 2.24) is 49.8 Å². The third kappa shape index (κ3) is 12.6. The second-order valence-corrected chi connectivity index (χ2v) is 27.5. The predicted molar refractivity (Wildman–Crippen MR) is 451 cm³/mol. The molecule has 21 rings (SSSR count). The molecule has 0 radical (unpaired) electrons. The van der Waals surface area contributed by atoms with Gasteiger partial charge in [0.2, 0.25) is 0 Å². The van der Waals surface area contributed by atoms with Crippen LogP contribution in [0.5, 0.6) is 0 Å². The van der Waals surface area contributed by atoms with Crippen LogP contribution in [0, 0.1) is 0 Å². The summed E-state index contributed by atoms with van der Waals surface area (Å²) < 4.78 is 0. The summed E-state index contributed by atoms with van der Waals surface area (Å²) in [4.78, 5) is 50.3. The van der Waals surface area contributed by atoms with Crippen molar-refractivity contribution in [2.75, 3.05) is 0 Å². The smallest absolute Gasteiger partial charge is 0.160 e. The fraction of sp³-hybridized carbons (Fsp3) is 0. The van der Waals surface area contributed by atoms with E-state index >= 15 is 0 Å². The Kier molecular flexibility index (Phi) is 16.3. The van der Waals surface area contributed by atoms with Gasteiger partial charge in [0.25, 0.3) is 0 Å². The molecule has 0 amide bonds. The highest BCUT2D eigenvalue weighted by Crippen LogP contribution is 2.39. The molecule has 0 saturated carbocycles. The van der Waals surface area contributed by atoms with Crippen LogP contribution in [-0.2, 0) is 0 Å². The first-order chi connectivity index (χ1) is 54.4.